The monoisotopic (exact) mass is 102 g/mol. The van der Waals surface area contributed by atoms with Gasteiger partial charge in [-0.25, -0.2) is 0 Å². The Kier molecular flexibility index (Phi) is 2.55. The van der Waals surface area contributed by atoms with Crippen molar-refractivity contribution < 1.29 is 4.79 Å². The lowest BCUT2D eigenvalue weighted by molar-refractivity contribution is -0.118. The van der Waals surface area contributed by atoms with Crippen molar-refractivity contribution in [3.63, 3.8) is 0 Å². The summed E-state index contributed by atoms with van der Waals surface area (Å²) < 4.78 is 0. The lowest BCUT2D eigenvalue weighted by atomic mass is 10.2. The van der Waals surface area contributed by atoms with E-state index in [0.717, 1.165) is 0 Å². The minimum Gasteiger partial charge on any atom is -0.324 e. The first-order valence-electron chi connectivity index (χ1n) is 2.17. The second-order valence-electron chi connectivity index (χ2n) is 1.46. The lowest BCUT2D eigenvalue weighted by Crippen LogP contribution is -2.32. The third-order valence-corrected chi connectivity index (χ3v) is 0.709. The Morgan fingerprint density at radius 1 is 1.86 bits per heavy atom. The average molecular weight is 102 g/mol. The van der Waals surface area contributed by atoms with Crippen molar-refractivity contribution in [1.82, 2.24) is 0 Å². The molecule has 0 aliphatic rings. The highest BCUT2D eigenvalue weighted by atomic mass is 16.1. The van der Waals surface area contributed by atoms with E-state index in [1.807, 2.05) is 0 Å². The molecule has 0 aliphatic heterocycles. The first kappa shape index (κ1) is 6.59. The molecule has 42 valence electrons. The molecule has 1 unspecified atom stereocenters. The Labute approximate surface area is 42.7 Å². The van der Waals surface area contributed by atoms with E-state index in [9.17, 15) is 4.79 Å². The van der Waals surface area contributed by atoms with Crippen LogP contribution in [0.25, 0.3) is 0 Å². The first-order valence-corrected chi connectivity index (χ1v) is 2.17. The van der Waals surface area contributed by atoms with E-state index in [4.69, 9.17) is 11.5 Å². The van der Waals surface area contributed by atoms with Crippen LogP contribution >= 0.6 is 0 Å². The molecule has 0 saturated carbocycles. The zero-order valence-corrected chi connectivity index (χ0v) is 4.35. The highest BCUT2D eigenvalue weighted by Crippen LogP contribution is 1.72. The SMILES string of the molecule is CC(N)C(=O)CN. The molecule has 0 aliphatic carbocycles. The highest BCUT2D eigenvalue weighted by molar-refractivity contribution is 5.84. The fourth-order valence-electron chi connectivity index (χ4n) is 0.186. The molecule has 0 saturated heterocycles. The van der Waals surface area contributed by atoms with Gasteiger partial charge in [-0.1, -0.05) is 0 Å². The zero-order chi connectivity index (χ0) is 5.86. The highest BCUT2D eigenvalue weighted by Gasteiger charge is 2.01. The second kappa shape index (κ2) is 2.71. The van der Waals surface area contributed by atoms with Gasteiger partial charge in [0.1, 0.15) is 0 Å². The zero-order valence-electron chi connectivity index (χ0n) is 4.35. The van der Waals surface area contributed by atoms with Gasteiger partial charge in [0.15, 0.2) is 5.78 Å². The van der Waals surface area contributed by atoms with Gasteiger partial charge in [-0.05, 0) is 6.92 Å². The van der Waals surface area contributed by atoms with Crippen LogP contribution in [0.4, 0.5) is 0 Å². The quantitative estimate of drug-likeness (QED) is 0.463. The van der Waals surface area contributed by atoms with Crippen molar-refractivity contribution in [3.05, 3.63) is 0 Å². The van der Waals surface area contributed by atoms with Crippen LogP contribution in [0.2, 0.25) is 0 Å². The van der Waals surface area contributed by atoms with E-state index in [1.165, 1.54) is 0 Å². The van der Waals surface area contributed by atoms with Gasteiger partial charge in [0.2, 0.25) is 0 Å². The second-order valence-corrected chi connectivity index (χ2v) is 1.46. The number of carbonyl (C=O) groups is 1. The van der Waals surface area contributed by atoms with Crippen molar-refractivity contribution in [1.29, 1.82) is 0 Å². The smallest absolute Gasteiger partial charge is 0.162 e. The van der Waals surface area contributed by atoms with Crippen molar-refractivity contribution in [3.8, 4) is 0 Å². The maximum absolute atomic E-state index is 10.3. The maximum Gasteiger partial charge on any atom is 0.162 e. The van der Waals surface area contributed by atoms with Crippen LogP contribution < -0.4 is 11.5 Å². The van der Waals surface area contributed by atoms with Gasteiger partial charge in [-0.3, -0.25) is 4.79 Å². The minimum atomic E-state index is -0.398. The number of hydrogen-bond acceptors (Lipinski definition) is 3. The van der Waals surface area contributed by atoms with Crippen molar-refractivity contribution in [2.24, 2.45) is 11.5 Å². The Hall–Kier alpha value is -0.410. The molecule has 0 aromatic heterocycles. The molecule has 0 aromatic rings. The van der Waals surface area contributed by atoms with Gasteiger partial charge in [0.05, 0.1) is 12.6 Å². The van der Waals surface area contributed by atoms with Crippen LogP contribution in [0, 0.1) is 0 Å². The van der Waals surface area contributed by atoms with Crippen molar-refractivity contribution in [2.45, 2.75) is 13.0 Å². The summed E-state index contributed by atoms with van der Waals surface area (Å²) in [5, 5.41) is 0. The Balaban J connectivity index is 3.35. The van der Waals surface area contributed by atoms with Gasteiger partial charge in [-0.15, -0.1) is 0 Å². The summed E-state index contributed by atoms with van der Waals surface area (Å²) in [6, 6.07) is -0.398. The standard InChI is InChI=1S/C4H10N2O/c1-3(6)4(7)2-5/h3H,2,5-6H2,1H3. The fourth-order valence-corrected chi connectivity index (χ4v) is 0.186. The van der Waals surface area contributed by atoms with Crippen LogP contribution in [-0.2, 0) is 4.79 Å². The molecule has 0 heterocycles. The number of hydrogen-bond donors (Lipinski definition) is 2. The largest absolute Gasteiger partial charge is 0.324 e. The third kappa shape index (κ3) is 2.31. The molecular formula is C4H10N2O. The molecule has 0 spiro atoms. The first-order chi connectivity index (χ1) is 3.18. The minimum absolute atomic E-state index is 0.0532. The average Bonchev–Trinajstić information content (AvgIpc) is 1.65. The van der Waals surface area contributed by atoms with Crippen LogP contribution in [0.3, 0.4) is 0 Å². The molecule has 1 atom stereocenters. The molecule has 7 heavy (non-hydrogen) atoms. The molecule has 0 fully saturated rings. The van der Waals surface area contributed by atoms with Gasteiger partial charge >= 0.3 is 0 Å². The van der Waals surface area contributed by atoms with Crippen LogP contribution in [0.5, 0.6) is 0 Å². The van der Waals surface area contributed by atoms with Gasteiger partial charge in [0, 0.05) is 0 Å². The summed E-state index contributed by atoms with van der Waals surface area (Å²) in [6.45, 7) is 1.67. The normalized spacial score (nSPS) is 13.6. The number of carbonyl (C=O) groups excluding carboxylic acids is 1. The van der Waals surface area contributed by atoms with Gasteiger partial charge < -0.3 is 11.5 Å². The number of nitrogens with two attached hydrogens (primary N) is 2. The topological polar surface area (TPSA) is 69.1 Å². The summed E-state index contributed by atoms with van der Waals surface area (Å²) in [4.78, 5) is 10.3. The van der Waals surface area contributed by atoms with Crippen molar-refractivity contribution in [2.75, 3.05) is 6.54 Å². The molecular weight excluding hydrogens is 92.1 g/mol. The summed E-state index contributed by atoms with van der Waals surface area (Å²) in [7, 11) is 0. The Bertz CT molecular complexity index is 70.1. The summed E-state index contributed by atoms with van der Waals surface area (Å²) in [5.41, 5.74) is 10.1. The van der Waals surface area contributed by atoms with E-state index >= 15 is 0 Å². The van der Waals surface area contributed by atoms with Gasteiger partial charge in [0.25, 0.3) is 0 Å². The third-order valence-electron chi connectivity index (χ3n) is 0.709. The Morgan fingerprint density at radius 3 is 2.29 bits per heavy atom. The number of ketones is 1. The van der Waals surface area contributed by atoms with Crippen LogP contribution in [-0.4, -0.2) is 18.4 Å². The predicted molar refractivity (Wildman–Crippen MR) is 27.7 cm³/mol. The molecule has 0 radical (unpaired) electrons. The van der Waals surface area contributed by atoms with E-state index in [1.54, 1.807) is 6.92 Å². The molecule has 0 rings (SSSR count). The number of rotatable bonds is 2. The molecule has 0 amide bonds. The Morgan fingerprint density at radius 2 is 2.29 bits per heavy atom. The molecule has 0 bridgehead atoms. The van der Waals surface area contributed by atoms with Crippen LogP contribution in [0.1, 0.15) is 6.92 Å². The fraction of sp³-hybridized carbons (Fsp3) is 0.750. The maximum atomic E-state index is 10.3. The summed E-state index contributed by atoms with van der Waals surface area (Å²) >= 11 is 0. The molecule has 4 N–H and O–H groups in total. The van der Waals surface area contributed by atoms with Crippen LogP contribution in [0.15, 0.2) is 0 Å². The summed E-state index contributed by atoms with van der Waals surface area (Å²) in [6.07, 6.45) is 0. The van der Waals surface area contributed by atoms with E-state index in [2.05, 4.69) is 0 Å². The van der Waals surface area contributed by atoms with E-state index < -0.39 is 6.04 Å². The van der Waals surface area contributed by atoms with E-state index in [-0.39, 0.29) is 12.3 Å². The molecule has 3 nitrogen and oxygen atoms in total. The van der Waals surface area contributed by atoms with Gasteiger partial charge in [-0.2, -0.15) is 0 Å². The molecule has 3 heteroatoms. The number of Topliss-reactive ketones (excluding diaryl/α,β-unsaturated/α-hetero) is 1. The lowest BCUT2D eigenvalue weighted by Gasteiger charge is -1.96. The van der Waals surface area contributed by atoms with E-state index in [0.29, 0.717) is 0 Å². The summed E-state index contributed by atoms with van der Waals surface area (Å²) in [5.74, 6) is -0.0972. The molecule has 0 aromatic carbocycles. The predicted octanol–water partition coefficient (Wildman–Crippen LogP) is -1.14. The van der Waals surface area contributed by atoms with Crippen molar-refractivity contribution >= 4 is 5.78 Å².